The molecule has 3 atom stereocenters. The highest BCUT2D eigenvalue weighted by atomic mass is 16.5. The third-order valence-electron chi connectivity index (χ3n) is 3.34. The van der Waals surface area contributed by atoms with Gasteiger partial charge < -0.3 is 15.2 Å². The summed E-state index contributed by atoms with van der Waals surface area (Å²) in [5.74, 6) is 0.457. The van der Waals surface area contributed by atoms with Gasteiger partial charge in [0.1, 0.15) is 0 Å². The van der Waals surface area contributed by atoms with E-state index in [0.29, 0.717) is 5.92 Å². The van der Waals surface area contributed by atoms with Crippen molar-refractivity contribution < 1.29 is 9.47 Å². The summed E-state index contributed by atoms with van der Waals surface area (Å²) in [6.07, 6.45) is 3.24. The zero-order valence-corrected chi connectivity index (χ0v) is 9.58. The highest BCUT2D eigenvalue weighted by Gasteiger charge is 2.38. The van der Waals surface area contributed by atoms with Gasteiger partial charge in [-0.05, 0) is 32.1 Å². The van der Waals surface area contributed by atoms with Gasteiger partial charge in [0.05, 0.1) is 5.60 Å². The van der Waals surface area contributed by atoms with Crippen LogP contribution in [0.1, 0.15) is 33.1 Å². The summed E-state index contributed by atoms with van der Waals surface area (Å²) in [7, 11) is 1.73. The molecule has 14 heavy (non-hydrogen) atoms. The van der Waals surface area contributed by atoms with E-state index in [0.717, 1.165) is 32.5 Å². The molecule has 1 heterocycles. The van der Waals surface area contributed by atoms with E-state index in [1.54, 1.807) is 7.11 Å². The second-order valence-electron chi connectivity index (χ2n) is 4.55. The van der Waals surface area contributed by atoms with Crippen LogP contribution in [0.5, 0.6) is 0 Å². The van der Waals surface area contributed by atoms with Gasteiger partial charge in [-0.1, -0.05) is 6.92 Å². The average molecular weight is 201 g/mol. The van der Waals surface area contributed by atoms with Crippen molar-refractivity contribution in [3.05, 3.63) is 0 Å². The lowest BCUT2D eigenvalue weighted by molar-refractivity contribution is -0.0179. The Morgan fingerprint density at radius 3 is 2.79 bits per heavy atom. The normalized spacial score (nSPS) is 31.7. The van der Waals surface area contributed by atoms with Gasteiger partial charge in [-0.3, -0.25) is 0 Å². The molecule has 3 unspecified atom stereocenters. The Labute approximate surface area is 86.9 Å². The van der Waals surface area contributed by atoms with Crippen LogP contribution in [0.15, 0.2) is 0 Å². The predicted molar refractivity (Wildman–Crippen MR) is 57.2 cm³/mol. The number of hydrogen-bond acceptors (Lipinski definition) is 3. The lowest BCUT2D eigenvalue weighted by Crippen LogP contribution is -2.49. The molecule has 1 rings (SSSR count). The Morgan fingerprint density at radius 2 is 2.29 bits per heavy atom. The number of ether oxygens (including phenoxy) is 2. The zero-order chi connectivity index (χ0) is 10.6. The number of nitrogens with two attached hydrogens (primary N) is 1. The first-order valence-electron chi connectivity index (χ1n) is 5.48. The van der Waals surface area contributed by atoms with E-state index in [-0.39, 0.29) is 11.6 Å². The first-order chi connectivity index (χ1) is 6.60. The van der Waals surface area contributed by atoms with Crippen LogP contribution in [0.4, 0.5) is 0 Å². The quantitative estimate of drug-likeness (QED) is 0.734. The van der Waals surface area contributed by atoms with Gasteiger partial charge in [0.25, 0.3) is 0 Å². The van der Waals surface area contributed by atoms with Crippen molar-refractivity contribution in [3.63, 3.8) is 0 Å². The van der Waals surface area contributed by atoms with Crippen molar-refractivity contribution in [1.82, 2.24) is 0 Å². The van der Waals surface area contributed by atoms with E-state index in [9.17, 15) is 0 Å². The zero-order valence-electron chi connectivity index (χ0n) is 9.58. The highest BCUT2D eigenvalue weighted by molar-refractivity contribution is 4.93. The summed E-state index contributed by atoms with van der Waals surface area (Å²) in [6, 6.07) is 0.125. The first kappa shape index (κ1) is 12.0. The minimum atomic E-state index is -0.104. The third kappa shape index (κ3) is 2.69. The van der Waals surface area contributed by atoms with Gasteiger partial charge in [0.2, 0.25) is 0 Å². The molecular formula is C11H23NO2. The molecule has 1 aliphatic rings. The average Bonchev–Trinajstić information content (AvgIpc) is 2.61. The minimum absolute atomic E-state index is 0.104. The summed E-state index contributed by atoms with van der Waals surface area (Å²) < 4.78 is 10.8. The van der Waals surface area contributed by atoms with E-state index >= 15 is 0 Å². The summed E-state index contributed by atoms with van der Waals surface area (Å²) >= 11 is 0. The van der Waals surface area contributed by atoms with E-state index in [1.165, 1.54) is 0 Å². The standard InChI is InChI=1S/C11H23NO2/c1-9(5-8-13-3)10(12)11(2)6-4-7-14-11/h9-10H,4-8,12H2,1-3H3. The van der Waals surface area contributed by atoms with Crippen LogP contribution in [0, 0.1) is 5.92 Å². The van der Waals surface area contributed by atoms with Crippen molar-refractivity contribution in [2.24, 2.45) is 11.7 Å². The largest absolute Gasteiger partial charge is 0.385 e. The predicted octanol–water partition coefficient (Wildman–Crippen LogP) is 1.56. The fourth-order valence-electron chi connectivity index (χ4n) is 2.15. The lowest BCUT2D eigenvalue weighted by atomic mass is 9.84. The SMILES string of the molecule is COCCC(C)C(N)C1(C)CCCO1. The Morgan fingerprint density at radius 1 is 1.57 bits per heavy atom. The van der Waals surface area contributed by atoms with Crippen molar-refractivity contribution >= 4 is 0 Å². The molecule has 0 spiro atoms. The van der Waals surface area contributed by atoms with Gasteiger partial charge in [0.15, 0.2) is 0 Å². The van der Waals surface area contributed by atoms with Crippen LogP contribution >= 0.6 is 0 Å². The maximum absolute atomic E-state index is 6.22. The Hall–Kier alpha value is -0.120. The topological polar surface area (TPSA) is 44.5 Å². The minimum Gasteiger partial charge on any atom is -0.385 e. The molecule has 0 aromatic carbocycles. The van der Waals surface area contributed by atoms with Gasteiger partial charge in [-0.25, -0.2) is 0 Å². The van der Waals surface area contributed by atoms with Gasteiger partial charge in [-0.2, -0.15) is 0 Å². The van der Waals surface area contributed by atoms with Gasteiger partial charge >= 0.3 is 0 Å². The Balaban J connectivity index is 2.41. The van der Waals surface area contributed by atoms with Crippen molar-refractivity contribution in [2.45, 2.75) is 44.8 Å². The molecule has 3 nitrogen and oxygen atoms in total. The Kier molecular flexibility index (Phi) is 4.35. The number of hydrogen-bond donors (Lipinski definition) is 1. The van der Waals surface area contributed by atoms with Crippen LogP contribution in [-0.2, 0) is 9.47 Å². The lowest BCUT2D eigenvalue weighted by Gasteiger charge is -2.34. The van der Waals surface area contributed by atoms with E-state index < -0.39 is 0 Å². The third-order valence-corrected chi connectivity index (χ3v) is 3.34. The van der Waals surface area contributed by atoms with Crippen molar-refractivity contribution in [3.8, 4) is 0 Å². The molecule has 84 valence electrons. The molecule has 1 aliphatic heterocycles. The molecule has 0 aliphatic carbocycles. The molecule has 1 saturated heterocycles. The van der Waals surface area contributed by atoms with Gasteiger partial charge in [0, 0.05) is 26.4 Å². The number of rotatable bonds is 5. The molecule has 0 aromatic heterocycles. The van der Waals surface area contributed by atoms with Crippen LogP contribution in [0.3, 0.4) is 0 Å². The number of methoxy groups -OCH3 is 1. The summed E-state index contributed by atoms with van der Waals surface area (Å²) in [4.78, 5) is 0. The van der Waals surface area contributed by atoms with Crippen LogP contribution in [0.25, 0.3) is 0 Å². The Bertz CT molecular complexity index is 167. The maximum Gasteiger partial charge on any atom is 0.0808 e. The second-order valence-corrected chi connectivity index (χ2v) is 4.55. The molecule has 3 heteroatoms. The molecule has 0 aromatic rings. The van der Waals surface area contributed by atoms with E-state index in [4.69, 9.17) is 15.2 Å². The molecular weight excluding hydrogens is 178 g/mol. The molecule has 2 N–H and O–H groups in total. The van der Waals surface area contributed by atoms with Crippen molar-refractivity contribution in [1.29, 1.82) is 0 Å². The molecule has 0 bridgehead atoms. The fraction of sp³-hybridized carbons (Fsp3) is 1.00. The van der Waals surface area contributed by atoms with Gasteiger partial charge in [-0.15, -0.1) is 0 Å². The summed E-state index contributed by atoms with van der Waals surface area (Å²) in [5.41, 5.74) is 6.11. The van der Waals surface area contributed by atoms with E-state index in [1.807, 2.05) is 0 Å². The summed E-state index contributed by atoms with van der Waals surface area (Å²) in [6.45, 7) is 5.96. The molecule has 0 saturated carbocycles. The monoisotopic (exact) mass is 201 g/mol. The highest BCUT2D eigenvalue weighted by Crippen LogP contribution is 2.31. The molecule has 0 radical (unpaired) electrons. The first-order valence-corrected chi connectivity index (χ1v) is 5.48. The van der Waals surface area contributed by atoms with E-state index in [2.05, 4.69) is 13.8 Å². The van der Waals surface area contributed by atoms with Crippen LogP contribution < -0.4 is 5.73 Å². The smallest absolute Gasteiger partial charge is 0.0808 e. The molecule has 1 fully saturated rings. The molecule has 0 amide bonds. The maximum atomic E-state index is 6.22. The van der Waals surface area contributed by atoms with Crippen molar-refractivity contribution in [2.75, 3.05) is 20.3 Å². The summed E-state index contributed by atoms with van der Waals surface area (Å²) in [5, 5.41) is 0. The van der Waals surface area contributed by atoms with Crippen LogP contribution in [0.2, 0.25) is 0 Å². The van der Waals surface area contributed by atoms with Crippen LogP contribution in [-0.4, -0.2) is 32.0 Å². The second kappa shape index (κ2) is 5.10. The fourth-order valence-corrected chi connectivity index (χ4v) is 2.15.